The van der Waals surface area contributed by atoms with Crippen LogP contribution in [0.5, 0.6) is 0 Å². The molecule has 0 bridgehead atoms. The van der Waals surface area contributed by atoms with Crippen molar-refractivity contribution in [3.8, 4) is 0 Å². The van der Waals surface area contributed by atoms with Crippen molar-refractivity contribution in [2.45, 2.75) is 28.9 Å². The Kier molecular flexibility index (Phi) is 2.85. The topological polar surface area (TPSA) is 0 Å². The molecule has 1 aromatic rings. The van der Waals surface area contributed by atoms with E-state index in [1.807, 2.05) is 0 Å². The molecular formula is C13H14Br2. The Morgan fingerprint density at radius 1 is 1.20 bits per heavy atom. The zero-order valence-corrected chi connectivity index (χ0v) is 12.1. The van der Waals surface area contributed by atoms with Gasteiger partial charge < -0.3 is 0 Å². The molecule has 0 N–H and O–H groups in total. The van der Waals surface area contributed by atoms with E-state index in [1.54, 1.807) is 0 Å². The summed E-state index contributed by atoms with van der Waals surface area (Å²) in [5, 5.41) is 0. The summed E-state index contributed by atoms with van der Waals surface area (Å²) in [5.41, 5.74) is 2.77. The van der Waals surface area contributed by atoms with E-state index in [0.29, 0.717) is 0 Å². The number of halogens is 2. The van der Waals surface area contributed by atoms with Gasteiger partial charge in [-0.05, 0) is 31.4 Å². The van der Waals surface area contributed by atoms with E-state index < -0.39 is 0 Å². The Morgan fingerprint density at radius 3 is 2.20 bits per heavy atom. The fourth-order valence-corrected chi connectivity index (χ4v) is 2.58. The molecule has 1 unspecified atom stereocenters. The van der Waals surface area contributed by atoms with Crippen LogP contribution in [0, 0.1) is 0 Å². The number of benzene rings is 1. The molecule has 0 nitrogen and oxygen atoms in total. The van der Waals surface area contributed by atoms with Crippen molar-refractivity contribution < 1.29 is 0 Å². The number of allylic oxidation sites excluding steroid dienone is 2. The molecule has 0 heterocycles. The van der Waals surface area contributed by atoms with E-state index in [4.69, 9.17) is 0 Å². The monoisotopic (exact) mass is 328 g/mol. The molecule has 0 fully saturated rings. The number of hydrogen-bond acceptors (Lipinski definition) is 0. The van der Waals surface area contributed by atoms with Gasteiger partial charge in [-0.15, -0.1) is 0 Å². The third-order valence-electron chi connectivity index (χ3n) is 2.98. The summed E-state index contributed by atoms with van der Waals surface area (Å²) < 4.78 is 0.198. The van der Waals surface area contributed by atoms with Crippen molar-refractivity contribution in [1.29, 1.82) is 0 Å². The molecule has 0 aromatic heterocycles. The average Bonchev–Trinajstić information content (AvgIpc) is 2.12. The maximum atomic E-state index is 3.80. The molecular weight excluding hydrogens is 316 g/mol. The van der Waals surface area contributed by atoms with E-state index >= 15 is 0 Å². The first-order chi connectivity index (χ1) is 6.92. The van der Waals surface area contributed by atoms with Gasteiger partial charge in [0.1, 0.15) is 0 Å². The lowest BCUT2D eigenvalue weighted by atomic mass is 9.76. The van der Waals surface area contributed by atoms with E-state index in [0.717, 1.165) is 6.42 Å². The average molecular weight is 330 g/mol. The molecule has 15 heavy (non-hydrogen) atoms. The summed E-state index contributed by atoms with van der Waals surface area (Å²) in [6, 6.07) is 10.6. The molecule has 1 aliphatic rings. The number of alkyl halides is 2. The first-order valence-corrected chi connectivity index (χ1v) is 6.66. The first kappa shape index (κ1) is 11.4. The van der Waals surface area contributed by atoms with Crippen molar-refractivity contribution in [3.05, 3.63) is 42.0 Å². The Bertz CT molecular complexity index is 387. The van der Waals surface area contributed by atoms with Gasteiger partial charge in [-0.2, -0.15) is 0 Å². The highest BCUT2D eigenvalue weighted by Crippen LogP contribution is 2.52. The quantitative estimate of drug-likeness (QED) is 0.685. The van der Waals surface area contributed by atoms with Crippen LogP contribution in [0.15, 0.2) is 36.4 Å². The van der Waals surface area contributed by atoms with Gasteiger partial charge in [0, 0.05) is 4.32 Å². The summed E-state index contributed by atoms with van der Waals surface area (Å²) in [7, 11) is 0. The van der Waals surface area contributed by atoms with Crippen molar-refractivity contribution in [2.75, 3.05) is 0 Å². The maximum Gasteiger partial charge on any atom is 0.0630 e. The molecule has 1 atom stereocenters. The lowest BCUT2D eigenvalue weighted by molar-refractivity contribution is 0.563. The second-order valence-corrected chi connectivity index (χ2v) is 7.94. The fraction of sp³-hybridized carbons (Fsp3) is 0.385. The molecule has 2 rings (SSSR count). The minimum atomic E-state index is 0.0955. The summed E-state index contributed by atoms with van der Waals surface area (Å²) >= 11 is 7.52. The molecule has 0 spiro atoms. The van der Waals surface area contributed by atoms with Crippen LogP contribution < -0.4 is 0 Å². The second kappa shape index (κ2) is 3.74. The zero-order valence-electron chi connectivity index (χ0n) is 8.93. The highest BCUT2D eigenvalue weighted by atomic mass is 79.9. The molecule has 0 saturated carbocycles. The van der Waals surface area contributed by atoms with Gasteiger partial charge in [0.05, 0.1) is 4.32 Å². The Labute approximate surface area is 108 Å². The largest absolute Gasteiger partial charge is 0.0841 e. The Morgan fingerprint density at radius 2 is 1.73 bits per heavy atom. The zero-order chi connectivity index (χ0) is 11.1. The molecule has 2 heteroatoms. The number of hydrogen-bond donors (Lipinski definition) is 0. The highest BCUT2D eigenvalue weighted by Gasteiger charge is 2.45. The standard InChI is InChI=1S/C13H14Br2/c1-12(2,14)13(15)8-11(9-13)10-6-4-3-5-7-10/h3-8H,9H2,1-2H3. The third-order valence-corrected chi connectivity index (χ3v) is 5.72. The van der Waals surface area contributed by atoms with Gasteiger partial charge in [0.25, 0.3) is 0 Å². The van der Waals surface area contributed by atoms with Crippen molar-refractivity contribution in [3.63, 3.8) is 0 Å². The predicted octanol–water partition coefficient (Wildman–Crippen LogP) is 4.78. The summed E-state index contributed by atoms with van der Waals surface area (Å²) in [5.74, 6) is 0. The molecule has 1 aromatic carbocycles. The van der Waals surface area contributed by atoms with E-state index in [2.05, 4.69) is 82.1 Å². The minimum absolute atomic E-state index is 0.0955. The normalized spacial score (nSPS) is 25.7. The molecule has 0 saturated heterocycles. The highest BCUT2D eigenvalue weighted by molar-refractivity contribution is 9.13. The van der Waals surface area contributed by atoms with Crippen LogP contribution in [0.4, 0.5) is 0 Å². The van der Waals surface area contributed by atoms with Crippen molar-refractivity contribution in [2.24, 2.45) is 0 Å². The van der Waals surface area contributed by atoms with Gasteiger partial charge in [0.15, 0.2) is 0 Å². The van der Waals surface area contributed by atoms with E-state index in [-0.39, 0.29) is 8.65 Å². The van der Waals surface area contributed by atoms with Gasteiger partial charge in [-0.25, -0.2) is 0 Å². The smallest absolute Gasteiger partial charge is 0.0630 e. The summed E-state index contributed by atoms with van der Waals surface area (Å²) in [4.78, 5) is 0. The lowest BCUT2D eigenvalue weighted by Crippen LogP contribution is -2.43. The van der Waals surface area contributed by atoms with Crippen LogP contribution >= 0.6 is 31.9 Å². The fourth-order valence-electron chi connectivity index (χ4n) is 1.74. The van der Waals surface area contributed by atoms with Crippen LogP contribution in [0.3, 0.4) is 0 Å². The van der Waals surface area contributed by atoms with Gasteiger partial charge in [-0.1, -0.05) is 68.3 Å². The molecule has 0 radical (unpaired) electrons. The summed E-state index contributed by atoms with van der Waals surface area (Å²) in [6.45, 7) is 4.39. The van der Waals surface area contributed by atoms with Crippen LogP contribution in [0.2, 0.25) is 0 Å². The first-order valence-electron chi connectivity index (χ1n) is 5.07. The van der Waals surface area contributed by atoms with Crippen LogP contribution in [0.1, 0.15) is 25.8 Å². The van der Waals surface area contributed by atoms with E-state index in [9.17, 15) is 0 Å². The predicted molar refractivity (Wildman–Crippen MR) is 73.7 cm³/mol. The third kappa shape index (κ3) is 2.07. The van der Waals surface area contributed by atoms with Crippen molar-refractivity contribution in [1.82, 2.24) is 0 Å². The lowest BCUT2D eigenvalue weighted by Gasteiger charge is -2.44. The summed E-state index contributed by atoms with van der Waals surface area (Å²) in [6.07, 6.45) is 3.40. The molecule has 0 aliphatic heterocycles. The SMILES string of the molecule is CC(C)(Br)C1(Br)C=C(c2ccccc2)C1. The van der Waals surface area contributed by atoms with E-state index in [1.165, 1.54) is 11.1 Å². The van der Waals surface area contributed by atoms with Crippen LogP contribution in [-0.4, -0.2) is 8.65 Å². The molecule has 80 valence electrons. The number of rotatable bonds is 2. The minimum Gasteiger partial charge on any atom is -0.0841 e. The van der Waals surface area contributed by atoms with Gasteiger partial charge in [-0.3, -0.25) is 0 Å². The van der Waals surface area contributed by atoms with Gasteiger partial charge >= 0.3 is 0 Å². The van der Waals surface area contributed by atoms with Crippen LogP contribution in [0.25, 0.3) is 5.57 Å². The van der Waals surface area contributed by atoms with Crippen LogP contribution in [-0.2, 0) is 0 Å². The Balaban J connectivity index is 2.24. The second-order valence-electron chi connectivity index (χ2n) is 4.55. The molecule has 0 amide bonds. The maximum absolute atomic E-state index is 3.80. The van der Waals surface area contributed by atoms with Crippen molar-refractivity contribution >= 4 is 37.4 Å². The van der Waals surface area contributed by atoms with Gasteiger partial charge in [0.2, 0.25) is 0 Å². The Hall–Kier alpha value is -0.0800. The molecule has 1 aliphatic carbocycles.